The number of aromatic nitrogens is 1. The van der Waals surface area contributed by atoms with Crippen molar-refractivity contribution in [1.82, 2.24) is 4.98 Å². The molecule has 0 fully saturated rings. The van der Waals surface area contributed by atoms with Crippen LogP contribution in [0.5, 0.6) is 0 Å². The number of thiophene rings is 1. The Morgan fingerprint density at radius 1 is 1.15 bits per heavy atom. The Bertz CT molecular complexity index is 1170. The molecule has 2 heterocycles. The van der Waals surface area contributed by atoms with Crippen molar-refractivity contribution in [2.24, 2.45) is 0 Å². The van der Waals surface area contributed by atoms with Crippen LogP contribution in [-0.2, 0) is 0 Å². The van der Waals surface area contributed by atoms with E-state index in [1.165, 1.54) is 46.9 Å². The quantitative estimate of drug-likeness (QED) is 0.371. The normalized spacial score (nSPS) is 10.9. The third-order valence-corrected chi connectivity index (χ3v) is 5.67. The Balaban J connectivity index is 1.54. The average Bonchev–Trinajstić information content (AvgIpc) is 3.28. The highest BCUT2D eigenvalue weighted by atomic mass is 32.1. The Morgan fingerprint density at radius 2 is 1.93 bits per heavy atom. The minimum atomic E-state index is -0.469. The number of fused-ring (bicyclic) bond motifs is 1. The van der Waals surface area contributed by atoms with Crippen LogP contribution in [-0.4, -0.2) is 15.8 Å². The molecule has 1 amide bonds. The fourth-order valence-corrected chi connectivity index (χ4v) is 4.15. The summed E-state index contributed by atoms with van der Waals surface area (Å²) in [6, 6.07) is 12.0. The van der Waals surface area contributed by atoms with Crippen LogP contribution in [0.1, 0.15) is 9.67 Å². The van der Waals surface area contributed by atoms with E-state index in [-0.39, 0.29) is 17.4 Å². The molecule has 0 aliphatic rings. The lowest BCUT2D eigenvalue weighted by Gasteiger charge is -1.98. The summed E-state index contributed by atoms with van der Waals surface area (Å²) in [6.45, 7) is 0. The number of carbonyl (C=O) groups excluding carboxylic acids is 1. The molecule has 4 rings (SSSR count). The summed E-state index contributed by atoms with van der Waals surface area (Å²) in [5.74, 6) is -0.661. The van der Waals surface area contributed by atoms with Gasteiger partial charge in [0.1, 0.15) is 5.82 Å². The molecule has 0 aliphatic carbocycles. The number of nitro groups is 1. The Hall–Kier alpha value is -3.17. The number of rotatable bonds is 4. The van der Waals surface area contributed by atoms with Gasteiger partial charge in [-0.2, -0.15) is 0 Å². The summed E-state index contributed by atoms with van der Waals surface area (Å²) < 4.78 is 13.8. The summed E-state index contributed by atoms with van der Waals surface area (Å²) in [4.78, 5) is 27.7. The number of non-ortho nitro benzene ring substituents is 1. The van der Waals surface area contributed by atoms with Crippen LogP contribution >= 0.6 is 22.7 Å². The number of thiazole rings is 1. The fraction of sp³-hybridized carbons (Fsp3) is 0. The molecule has 0 spiro atoms. The average molecular weight is 399 g/mol. The van der Waals surface area contributed by atoms with Crippen LogP contribution in [0, 0.1) is 15.9 Å². The van der Waals surface area contributed by atoms with Crippen molar-refractivity contribution in [3.05, 3.63) is 74.7 Å². The van der Waals surface area contributed by atoms with E-state index in [0.29, 0.717) is 21.1 Å². The molecule has 0 atom stereocenters. The fourth-order valence-electron chi connectivity index (χ4n) is 2.50. The smallest absolute Gasteiger partial charge is 0.270 e. The SMILES string of the molecule is O=C(Nc1nc(-c2ccc(F)cc2)cs1)c1cc2cc([N+](=O)[O-])ccc2s1. The van der Waals surface area contributed by atoms with Gasteiger partial charge < -0.3 is 0 Å². The summed E-state index contributed by atoms with van der Waals surface area (Å²) in [7, 11) is 0. The molecule has 0 saturated carbocycles. The first-order valence-corrected chi connectivity index (χ1v) is 9.40. The van der Waals surface area contributed by atoms with Crippen molar-refractivity contribution in [2.45, 2.75) is 0 Å². The van der Waals surface area contributed by atoms with Gasteiger partial charge in [0, 0.05) is 33.2 Å². The molecule has 0 unspecified atom stereocenters. The largest absolute Gasteiger partial charge is 0.297 e. The number of nitrogens with zero attached hydrogens (tertiary/aromatic N) is 2. The number of amides is 1. The standard InChI is InChI=1S/C18H10FN3O3S2/c19-12-3-1-10(2-4-12)14-9-26-18(20-14)21-17(23)16-8-11-7-13(22(24)25)5-6-15(11)27-16/h1-9H,(H,20,21,23). The monoisotopic (exact) mass is 399 g/mol. The van der Waals surface area contributed by atoms with E-state index in [1.54, 1.807) is 29.6 Å². The van der Waals surface area contributed by atoms with E-state index in [9.17, 15) is 19.3 Å². The van der Waals surface area contributed by atoms with E-state index >= 15 is 0 Å². The van der Waals surface area contributed by atoms with E-state index in [0.717, 1.165) is 10.3 Å². The molecule has 27 heavy (non-hydrogen) atoms. The highest BCUT2D eigenvalue weighted by molar-refractivity contribution is 7.21. The zero-order valence-electron chi connectivity index (χ0n) is 13.5. The van der Waals surface area contributed by atoms with Crippen LogP contribution in [0.15, 0.2) is 53.9 Å². The van der Waals surface area contributed by atoms with E-state index in [1.807, 2.05) is 0 Å². The number of hydrogen-bond donors (Lipinski definition) is 1. The molecule has 2 aromatic heterocycles. The van der Waals surface area contributed by atoms with Crippen LogP contribution < -0.4 is 5.32 Å². The van der Waals surface area contributed by atoms with Crippen molar-refractivity contribution in [3.8, 4) is 11.3 Å². The molecule has 0 bridgehead atoms. The Labute approximate surface area is 160 Å². The van der Waals surface area contributed by atoms with Crippen molar-refractivity contribution in [1.29, 1.82) is 0 Å². The van der Waals surface area contributed by atoms with Gasteiger partial charge in [0.15, 0.2) is 5.13 Å². The summed E-state index contributed by atoms with van der Waals surface area (Å²) >= 11 is 2.51. The molecule has 0 aliphatic heterocycles. The molecule has 9 heteroatoms. The first-order valence-electron chi connectivity index (χ1n) is 7.70. The highest BCUT2D eigenvalue weighted by Gasteiger charge is 2.15. The highest BCUT2D eigenvalue weighted by Crippen LogP contribution is 2.30. The number of benzene rings is 2. The van der Waals surface area contributed by atoms with E-state index in [2.05, 4.69) is 10.3 Å². The number of carbonyl (C=O) groups is 1. The topological polar surface area (TPSA) is 85.1 Å². The Kier molecular flexibility index (Phi) is 4.38. The molecular formula is C18H10FN3O3S2. The zero-order chi connectivity index (χ0) is 19.0. The third kappa shape index (κ3) is 3.55. The van der Waals surface area contributed by atoms with Gasteiger partial charge >= 0.3 is 0 Å². The molecule has 0 saturated heterocycles. The molecule has 2 aromatic carbocycles. The maximum atomic E-state index is 13.0. The number of anilines is 1. The first-order chi connectivity index (χ1) is 13.0. The molecule has 4 aromatic rings. The second-order valence-corrected chi connectivity index (χ2v) is 7.53. The first kappa shape index (κ1) is 17.3. The Morgan fingerprint density at radius 3 is 2.67 bits per heavy atom. The predicted molar refractivity (Wildman–Crippen MR) is 104 cm³/mol. The summed E-state index contributed by atoms with van der Waals surface area (Å²) in [5.41, 5.74) is 1.38. The van der Waals surface area contributed by atoms with Crippen molar-refractivity contribution in [3.63, 3.8) is 0 Å². The van der Waals surface area contributed by atoms with E-state index in [4.69, 9.17) is 0 Å². The second kappa shape index (κ2) is 6.86. The minimum absolute atomic E-state index is 0.0175. The maximum Gasteiger partial charge on any atom is 0.270 e. The van der Waals surface area contributed by atoms with Crippen LogP contribution in [0.2, 0.25) is 0 Å². The minimum Gasteiger partial charge on any atom is -0.297 e. The van der Waals surface area contributed by atoms with Crippen molar-refractivity contribution >= 4 is 49.5 Å². The molecule has 0 radical (unpaired) electrons. The molecular weight excluding hydrogens is 389 g/mol. The number of hydrogen-bond acceptors (Lipinski definition) is 6. The lowest BCUT2D eigenvalue weighted by Crippen LogP contribution is -2.09. The van der Waals surface area contributed by atoms with Gasteiger partial charge in [-0.25, -0.2) is 9.37 Å². The summed E-state index contributed by atoms with van der Waals surface area (Å²) in [5, 5.41) is 16.4. The molecule has 1 N–H and O–H groups in total. The summed E-state index contributed by atoms with van der Waals surface area (Å²) in [6.07, 6.45) is 0. The number of halogens is 1. The van der Waals surface area contributed by atoms with Gasteiger partial charge in [-0.05, 0) is 36.4 Å². The number of nitrogens with one attached hydrogen (secondary N) is 1. The predicted octanol–water partition coefficient (Wildman–Crippen LogP) is 5.32. The van der Waals surface area contributed by atoms with Crippen molar-refractivity contribution in [2.75, 3.05) is 5.32 Å². The van der Waals surface area contributed by atoms with Gasteiger partial charge in [0.2, 0.25) is 0 Å². The van der Waals surface area contributed by atoms with Gasteiger partial charge in [0.25, 0.3) is 11.6 Å². The maximum absolute atomic E-state index is 13.0. The van der Waals surface area contributed by atoms with Gasteiger partial charge in [-0.15, -0.1) is 22.7 Å². The van der Waals surface area contributed by atoms with Gasteiger partial charge in [-0.1, -0.05) is 0 Å². The molecule has 134 valence electrons. The zero-order valence-corrected chi connectivity index (χ0v) is 15.1. The molecule has 6 nitrogen and oxygen atoms in total. The third-order valence-electron chi connectivity index (χ3n) is 3.80. The van der Waals surface area contributed by atoms with Gasteiger partial charge in [0.05, 0.1) is 15.5 Å². The lowest BCUT2D eigenvalue weighted by atomic mass is 10.2. The lowest BCUT2D eigenvalue weighted by molar-refractivity contribution is -0.384. The number of nitro benzene ring substituents is 1. The van der Waals surface area contributed by atoms with E-state index < -0.39 is 4.92 Å². The van der Waals surface area contributed by atoms with Crippen LogP contribution in [0.25, 0.3) is 21.3 Å². The van der Waals surface area contributed by atoms with Crippen LogP contribution in [0.3, 0.4) is 0 Å². The van der Waals surface area contributed by atoms with Crippen LogP contribution in [0.4, 0.5) is 15.2 Å². The second-order valence-electron chi connectivity index (χ2n) is 5.59. The van der Waals surface area contributed by atoms with Gasteiger partial charge in [-0.3, -0.25) is 20.2 Å². The van der Waals surface area contributed by atoms with Crippen molar-refractivity contribution < 1.29 is 14.1 Å².